The van der Waals surface area contributed by atoms with Gasteiger partial charge in [0.05, 0.1) is 65.6 Å². The van der Waals surface area contributed by atoms with Crippen molar-refractivity contribution in [3.8, 4) is 0 Å². The molecule has 1 radical (unpaired) electrons. The molecule has 0 saturated carbocycles. The zero-order chi connectivity index (χ0) is 63.8. The van der Waals surface area contributed by atoms with Crippen molar-refractivity contribution >= 4 is 19.8 Å². The summed E-state index contributed by atoms with van der Waals surface area (Å²) in [5, 5.41) is 34.7. The fourth-order valence-corrected chi connectivity index (χ4v) is 20.9. The van der Waals surface area contributed by atoms with Crippen LogP contribution in [-0.4, -0.2) is 147 Å². The first-order valence-electron chi connectivity index (χ1n) is 32.9. The zero-order valence-corrected chi connectivity index (χ0v) is 56.6. The van der Waals surface area contributed by atoms with Crippen molar-refractivity contribution in [2.24, 2.45) is 0 Å². The predicted molar refractivity (Wildman–Crippen MR) is 353 cm³/mol. The van der Waals surface area contributed by atoms with E-state index in [1.165, 1.54) is 38.5 Å². The summed E-state index contributed by atoms with van der Waals surface area (Å²) in [6.45, 7) is 13.8. The second-order valence-electron chi connectivity index (χ2n) is 23.7. The molecule has 3 N–H and O–H groups in total. The first-order chi connectivity index (χ1) is 44.7. The first kappa shape index (κ1) is 72.1. The molecule has 6 aromatic rings. The van der Waals surface area contributed by atoms with Crippen molar-refractivity contribution in [1.82, 2.24) is 0 Å². The maximum absolute atomic E-state index is 11.8. The van der Waals surface area contributed by atoms with Crippen LogP contribution in [0.15, 0.2) is 195 Å². The van der Waals surface area contributed by atoms with Gasteiger partial charge in [0.1, 0.15) is 67.1 Å². The van der Waals surface area contributed by atoms with Crippen molar-refractivity contribution in [3.05, 3.63) is 228 Å². The van der Waals surface area contributed by atoms with Crippen LogP contribution in [0.4, 0.5) is 0 Å². The quantitative estimate of drug-likeness (QED) is 0.0250. The molecule has 3 saturated heterocycles. The monoisotopic (exact) mass is 1360 g/mol. The van der Waals surface area contributed by atoms with E-state index >= 15 is 0 Å². The van der Waals surface area contributed by atoms with Crippen LogP contribution in [0.2, 0.25) is 13.3 Å². The average molecular weight is 1360 g/mol. The molecule has 0 aromatic heterocycles. The van der Waals surface area contributed by atoms with Gasteiger partial charge in [0.2, 0.25) is 0 Å². The Bertz CT molecular complexity index is 2810. The van der Waals surface area contributed by atoms with Gasteiger partial charge >= 0.3 is 92.4 Å². The molecule has 9 rings (SSSR count). The Morgan fingerprint density at radius 3 is 1.16 bits per heavy atom. The summed E-state index contributed by atoms with van der Waals surface area (Å²) < 4.78 is 86.2. The molecular weight excluding hydrogens is 1260 g/mol. The van der Waals surface area contributed by atoms with Gasteiger partial charge in [0.15, 0.2) is 18.9 Å². The number of hydrogen-bond donors (Lipinski definition) is 3. The number of ether oxygens (including phenoxy) is 12. The third kappa shape index (κ3) is 23.3. The minimum atomic E-state index is -1.75. The van der Waals surface area contributed by atoms with Gasteiger partial charge in [0.25, 0.3) is 0 Å². The van der Waals surface area contributed by atoms with Crippen LogP contribution in [0.5, 0.6) is 0 Å². The molecule has 493 valence electrons. The molecule has 0 aliphatic carbocycles. The first-order valence-corrected chi connectivity index (χ1v) is 38.9. The number of unbranched alkanes of at least 4 members (excludes halogenated alkanes) is 3. The molecule has 0 spiro atoms. The minimum absolute atomic E-state index is 0.0568. The van der Waals surface area contributed by atoms with Crippen LogP contribution in [0, 0.1) is 0 Å². The fourth-order valence-electron chi connectivity index (χ4n) is 11.4. The van der Waals surface area contributed by atoms with E-state index in [0.29, 0.717) is 0 Å². The zero-order valence-electron chi connectivity index (χ0n) is 53.7. The van der Waals surface area contributed by atoms with Gasteiger partial charge in [-0.05, 0) is 40.3 Å². The Morgan fingerprint density at radius 1 is 0.385 bits per heavy atom. The van der Waals surface area contributed by atoms with Crippen LogP contribution < -0.4 is 0 Å². The van der Waals surface area contributed by atoms with Crippen LogP contribution in [0.25, 0.3) is 0 Å². The van der Waals surface area contributed by atoms with Crippen LogP contribution in [0.3, 0.4) is 0 Å². The van der Waals surface area contributed by atoms with Crippen LogP contribution >= 0.6 is 0 Å². The number of benzene rings is 6. The Kier molecular flexibility index (Phi) is 32.1. The molecular formula is C75H99O15Sn. The van der Waals surface area contributed by atoms with Gasteiger partial charge in [-0.1, -0.05) is 188 Å². The summed E-state index contributed by atoms with van der Waals surface area (Å²) in [5.74, 6) is 0. The van der Waals surface area contributed by atoms with Gasteiger partial charge in [-0.25, -0.2) is 0 Å². The summed E-state index contributed by atoms with van der Waals surface area (Å²) in [7, 11) is 0. The Labute approximate surface area is 547 Å². The standard InChI is InChI=1S/C63H72O15.3C4H9.Sn/c1-3-34-69-62-60(73-40-49-32-20-9-21-33-49)58(78-61-54(66)53(65)52(64)50(75-61)41-67-35-44-22-10-4-11-23-44)56(51(76-62)42-68-36-45-24-12-5-13-25-45)77-63-59(72-39-48-30-18-8-19-31-48)57(71-38-47-28-16-7-17-29-47)55(43(2)74-63)70-37-46-26-14-6-15-27-46;3*1-3-4-2;/h3-33,43,50-66H,1,34-42H2,2H3;3*1,3-4H2,2H3;/t43-,50+,51+,52-,53-,54+,55+,56+,57+,58-,59-,60+,61-,62+,63-;;;;/m0..../s1. The molecule has 3 aliphatic rings. The summed E-state index contributed by atoms with van der Waals surface area (Å²) in [6, 6.07) is 58.4. The second-order valence-corrected chi connectivity index (χ2v) is 32.3. The average Bonchev–Trinajstić information content (AvgIpc) is 0.967. The molecule has 3 fully saturated rings. The van der Waals surface area contributed by atoms with E-state index in [9.17, 15) is 15.3 Å². The third-order valence-corrected chi connectivity index (χ3v) is 25.6. The second kappa shape index (κ2) is 40.5. The van der Waals surface area contributed by atoms with Gasteiger partial charge in [-0.2, -0.15) is 0 Å². The Hall–Kier alpha value is -4.74. The number of hydrogen-bond acceptors (Lipinski definition) is 15. The van der Waals surface area contributed by atoms with Crippen LogP contribution in [-0.2, 0) is 96.5 Å². The topological polar surface area (TPSA) is 171 Å². The Balaban J connectivity index is 0.000000737. The van der Waals surface area contributed by atoms with Crippen molar-refractivity contribution in [3.63, 3.8) is 0 Å². The molecule has 15 atom stereocenters. The predicted octanol–water partition coefficient (Wildman–Crippen LogP) is 12.9. The Morgan fingerprint density at radius 2 is 0.747 bits per heavy atom. The van der Waals surface area contributed by atoms with Gasteiger partial charge in [-0.15, -0.1) is 6.58 Å². The summed E-state index contributed by atoms with van der Waals surface area (Å²) in [4.78, 5) is 0. The SMILES string of the molecule is C=CCO[C@@H]1O[C@H](COCc2ccccc2)[C@@H](O[C@@H]2O[C@@H](C)[C@@H](OCc3ccccc3)[C@@H](OCc3ccccc3)[C@@H]2OCc2ccccc2)[C@H](O[C@@H]2O[C@H](COCc3ccccc3)[C@H](O)[C@H](O)[C@H]2O)[C@H]1OCc1ccccc1.CCC[CH2][Sn]([CH2]CCC)[CH2]CCC. The fraction of sp³-hybridized carbons (Fsp3) is 0.493. The van der Waals surface area contributed by atoms with Crippen molar-refractivity contribution in [1.29, 1.82) is 0 Å². The molecule has 0 bridgehead atoms. The number of aliphatic hydroxyl groups excluding tert-OH is 3. The van der Waals surface area contributed by atoms with Gasteiger partial charge in [0, 0.05) is 0 Å². The molecule has 0 amide bonds. The molecule has 16 heteroatoms. The molecule has 3 heterocycles. The van der Waals surface area contributed by atoms with Crippen molar-refractivity contribution < 1.29 is 72.2 Å². The van der Waals surface area contributed by atoms with E-state index in [1.807, 2.05) is 189 Å². The van der Waals surface area contributed by atoms with Crippen molar-refractivity contribution in [2.45, 2.75) is 211 Å². The molecule has 91 heavy (non-hydrogen) atoms. The van der Waals surface area contributed by atoms with E-state index in [4.69, 9.17) is 56.8 Å². The molecule has 6 aromatic carbocycles. The third-order valence-electron chi connectivity index (χ3n) is 16.5. The molecule has 3 aliphatic heterocycles. The van der Waals surface area contributed by atoms with E-state index in [1.54, 1.807) is 19.4 Å². The maximum atomic E-state index is 11.8. The van der Waals surface area contributed by atoms with E-state index < -0.39 is 112 Å². The van der Waals surface area contributed by atoms with Gasteiger partial charge < -0.3 is 72.2 Å². The molecule has 0 unspecified atom stereocenters. The number of rotatable bonds is 36. The summed E-state index contributed by atoms with van der Waals surface area (Å²) in [6.07, 6.45) is -7.20. The molecule has 15 nitrogen and oxygen atoms in total. The summed E-state index contributed by atoms with van der Waals surface area (Å²) in [5.41, 5.74) is 5.47. The van der Waals surface area contributed by atoms with Crippen LogP contribution in [0.1, 0.15) is 99.6 Å². The van der Waals surface area contributed by atoms with E-state index in [2.05, 4.69) is 27.4 Å². The van der Waals surface area contributed by atoms with E-state index in [0.717, 1.165) is 33.4 Å². The van der Waals surface area contributed by atoms with Crippen molar-refractivity contribution in [2.75, 3.05) is 19.8 Å². The van der Waals surface area contributed by atoms with Gasteiger partial charge in [-0.3, -0.25) is 0 Å². The number of aliphatic hydroxyl groups is 3. The normalized spacial score (nSPS) is 26.6. The van der Waals surface area contributed by atoms with E-state index in [-0.39, 0.29) is 59.5 Å². The summed E-state index contributed by atoms with van der Waals surface area (Å²) >= 11 is -0.839.